The molecule has 0 saturated heterocycles. The summed E-state index contributed by atoms with van der Waals surface area (Å²) in [5.41, 5.74) is 2.04. The third-order valence-corrected chi connectivity index (χ3v) is 5.42. The predicted octanol–water partition coefficient (Wildman–Crippen LogP) is 5.52. The van der Waals surface area contributed by atoms with E-state index in [4.69, 9.17) is 9.84 Å². The summed E-state index contributed by atoms with van der Waals surface area (Å²) in [4.78, 5) is 24.3. The Hall–Kier alpha value is -4.33. The van der Waals surface area contributed by atoms with Crippen molar-refractivity contribution >= 4 is 34.3 Å². The zero-order valence-electron chi connectivity index (χ0n) is 20.2. The van der Waals surface area contributed by atoms with Crippen molar-refractivity contribution < 1.29 is 19.1 Å². The van der Waals surface area contributed by atoms with Crippen molar-refractivity contribution in [2.45, 2.75) is 26.2 Å². The Bertz CT molecular complexity index is 1350. The van der Waals surface area contributed by atoms with Gasteiger partial charge in [0, 0.05) is 16.9 Å². The fourth-order valence-electron chi connectivity index (χ4n) is 3.52. The Balaban J connectivity index is 1.58. The van der Waals surface area contributed by atoms with Gasteiger partial charge in [0.25, 0.3) is 0 Å². The summed E-state index contributed by atoms with van der Waals surface area (Å²) in [6, 6.07) is 22.2. The van der Waals surface area contributed by atoms with Crippen molar-refractivity contribution in [1.29, 1.82) is 0 Å². The van der Waals surface area contributed by atoms with Gasteiger partial charge in [0.1, 0.15) is 11.6 Å². The van der Waals surface area contributed by atoms with Crippen molar-refractivity contribution in [3.05, 3.63) is 78.5 Å². The van der Waals surface area contributed by atoms with E-state index in [0.717, 1.165) is 27.8 Å². The zero-order chi connectivity index (χ0) is 25.0. The van der Waals surface area contributed by atoms with E-state index in [2.05, 4.69) is 36.1 Å². The van der Waals surface area contributed by atoms with E-state index >= 15 is 0 Å². The fraction of sp³-hybridized carbons (Fsp3) is 0.222. The average Bonchev–Trinajstić information content (AvgIpc) is 3.27. The number of benzene rings is 3. The van der Waals surface area contributed by atoms with Gasteiger partial charge < -0.3 is 14.8 Å². The van der Waals surface area contributed by atoms with Crippen molar-refractivity contribution in [2.75, 3.05) is 24.4 Å². The number of aromatic nitrogens is 2. The van der Waals surface area contributed by atoms with Gasteiger partial charge in [-0.25, -0.2) is 14.3 Å². The van der Waals surface area contributed by atoms with Gasteiger partial charge in [0.2, 0.25) is 0 Å². The second kappa shape index (κ2) is 9.89. The molecule has 0 bridgehead atoms. The molecule has 0 aliphatic heterocycles. The lowest BCUT2D eigenvalue weighted by Gasteiger charge is -2.14. The molecule has 0 spiro atoms. The molecule has 0 fully saturated rings. The number of ether oxygens (including phenoxy) is 2. The van der Waals surface area contributed by atoms with E-state index in [1.54, 1.807) is 28.9 Å². The van der Waals surface area contributed by atoms with E-state index in [0.29, 0.717) is 11.6 Å². The smallest absolute Gasteiger partial charge is 0.343 e. The second-order valence-electron chi connectivity index (χ2n) is 9.04. The Labute approximate surface area is 203 Å². The first kappa shape index (κ1) is 23.8. The van der Waals surface area contributed by atoms with Gasteiger partial charge in [0.15, 0.2) is 6.61 Å². The summed E-state index contributed by atoms with van der Waals surface area (Å²) in [5, 5.41) is 12.6. The number of amides is 2. The van der Waals surface area contributed by atoms with Gasteiger partial charge in [-0.1, -0.05) is 57.2 Å². The van der Waals surface area contributed by atoms with Crippen molar-refractivity contribution in [1.82, 2.24) is 9.78 Å². The van der Waals surface area contributed by atoms with Crippen LogP contribution in [-0.4, -0.2) is 35.5 Å². The molecule has 0 unspecified atom stereocenters. The molecule has 1 aromatic heterocycles. The minimum absolute atomic E-state index is 0.174. The highest BCUT2D eigenvalue weighted by atomic mass is 16.6. The number of urea groups is 1. The number of carbonyl (C=O) groups is 2. The van der Waals surface area contributed by atoms with Gasteiger partial charge >= 0.3 is 12.0 Å². The lowest BCUT2D eigenvalue weighted by Crippen LogP contribution is -2.21. The van der Waals surface area contributed by atoms with Crippen LogP contribution in [0.1, 0.15) is 26.5 Å². The van der Waals surface area contributed by atoms with Crippen molar-refractivity contribution in [3.63, 3.8) is 0 Å². The van der Waals surface area contributed by atoms with Gasteiger partial charge in [-0.15, -0.1) is 0 Å². The maximum absolute atomic E-state index is 13.0. The molecule has 4 aromatic rings. The van der Waals surface area contributed by atoms with Crippen LogP contribution in [0.5, 0.6) is 5.75 Å². The third kappa shape index (κ3) is 5.60. The van der Waals surface area contributed by atoms with Crippen LogP contribution in [0, 0.1) is 0 Å². The summed E-state index contributed by atoms with van der Waals surface area (Å²) in [5.74, 6) is 0.584. The molecule has 8 nitrogen and oxygen atoms in total. The molecule has 0 radical (unpaired) electrons. The molecule has 0 aliphatic rings. The molecule has 1 heterocycles. The van der Waals surface area contributed by atoms with E-state index in [1.807, 2.05) is 48.5 Å². The Morgan fingerprint density at radius 3 is 2.37 bits per heavy atom. The maximum Gasteiger partial charge on any atom is 0.343 e. The lowest BCUT2D eigenvalue weighted by atomic mass is 9.92. The van der Waals surface area contributed by atoms with Gasteiger partial charge in [-0.05, 0) is 35.7 Å². The van der Waals surface area contributed by atoms with Gasteiger partial charge in [-0.2, -0.15) is 5.10 Å². The summed E-state index contributed by atoms with van der Waals surface area (Å²) in [7, 11) is 1.31. The van der Waals surface area contributed by atoms with Crippen LogP contribution >= 0.6 is 0 Å². The maximum atomic E-state index is 13.0. The molecule has 0 saturated carbocycles. The Kier molecular flexibility index (Phi) is 6.73. The summed E-state index contributed by atoms with van der Waals surface area (Å²) >= 11 is 0. The minimum Gasteiger partial charge on any atom is -0.482 e. The van der Waals surface area contributed by atoms with Gasteiger partial charge in [-0.3, -0.25) is 5.32 Å². The third-order valence-electron chi connectivity index (χ3n) is 5.42. The molecule has 8 heteroatoms. The quantitative estimate of drug-likeness (QED) is 0.361. The van der Waals surface area contributed by atoms with E-state index in [1.165, 1.54) is 7.11 Å². The highest BCUT2D eigenvalue weighted by Gasteiger charge is 2.22. The Morgan fingerprint density at radius 2 is 1.66 bits per heavy atom. The molecule has 180 valence electrons. The van der Waals surface area contributed by atoms with Crippen molar-refractivity contribution in [2.24, 2.45) is 0 Å². The number of carbonyl (C=O) groups excluding carboxylic acids is 2. The SMILES string of the molecule is COC(=O)COc1ccc(-n2nc(C(C)(C)C)cc2NC(=O)Nc2cccc3ccccc23)cc1. The summed E-state index contributed by atoms with van der Waals surface area (Å²) in [6.45, 7) is 6.00. The number of nitrogens with one attached hydrogen (secondary N) is 2. The molecule has 2 N–H and O–H groups in total. The number of methoxy groups -OCH3 is 1. The number of hydrogen-bond acceptors (Lipinski definition) is 5. The van der Waals surface area contributed by atoms with E-state index in [9.17, 15) is 9.59 Å². The van der Waals surface area contributed by atoms with Crippen LogP contribution < -0.4 is 15.4 Å². The van der Waals surface area contributed by atoms with Crippen LogP contribution in [0.3, 0.4) is 0 Å². The van der Waals surface area contributed by atoms with E-state index < -0.39 is 5.97 Å². The molecule has 3 aromatic carbocycles. The van der Waals surface area contributed by atoms with Crippen molar-refractivity contribution in [3.8, 4) is 11.4 Å². The molecule has 0 aliphatic carbocycles. The molecule has 0 atom stereocenters. The van der Waals surface area contributed by atoms with Crippen LogP contribution in [0.4, 0.5) is 16.3 Å². The van der Waals surface area contributed by atoms with Gasteiger partial charge in [0.05, 0.1) is 24.2 Å². The fourth-order valence-corrected chi connectivity index (χ4v) is 3.52. The standard InChI is InChI=1S/C27H28N4O4/c1-27(2,3)23-16-24(29-26(33)28-22-11-7-9-18-8-5-6-10-21(18)22)31(30-23)19-12-14-20(15-13-19)35-17-25(32)34-4/h5-16H,17H2,1-4H3,(H2,28,29,33). The number of fused-ring (bicyclic) bond motifs is 1. The lowest BCUT2D eigenvalue weighted by molar-refractivity contribution is -0.142. The molecule has 35 heavy (non-hydrogen) atoms. The summed E-state index contributed by atoms with van der Waals surface area (Å²) in [6.07, 6.45) is 0. The number of rotatable bonds is 6. The normalized spacial score (nSPS) is 11.2. The number of esters is 1. The number of anilines is 2. The van der Waals surface area contributed by atoms with Crippen LogP contribution in [0.2, 0.25) is 0 Å². The Morgan fingerprint density at radius 1 is 0.943 bits per heavy atom. The van der Waals surface area contributed by atoms with Crippen LogP contribution in [0.15, 0.2) is 72.8 Å². The van der Waals surface area contributed by atoms with E-state index in [-0.39, 0.29) is 18.1 Å². The second-order valence-corrected chi connectivity index (χ2v) is 9.04. The topological polar surface area (TPSA) is 94.5 Å². The molecular weight excluding hydrogens is 444 g/mol. The number of hydrogen-bond donors (Lipinski definition) is 2. The first-order chi connectivity index (χ1) is 16.7. The first-order valence-corrected chi connectivity index (χ1v) is 11.2. The first-order valence-electron chi connectivity index (χ1n) is 11.2. The highest BCUT2D eigenvalue weighted by molar-refractivity contribution is 6.06. The van der Waals surface area contributed by atoms with Crippen LogP contribution in [-0.2, 0) is 14.9 Å². The minimum atomic E-state index is -0.459. The zero-order valence-corrected chi connectivity index (χ0v) is 20.2. The number of nitrogens with zero attached hydrogens (tertiary/aromatic N) is 2. The largest absolute Gasteiger partial charge is 0.482 e. The summed E-state index contributed by atoms with van der Waals surface area (Å²) < 4.78 is 11.7. The molecular formula is C27H28N4O4. The molecule has 4 rings (SSSR count). The predicted molar refractivity (Wildman–Crippen MR) is 136 cm³/mol. The monoisotopic (exact) mass is 472 g/mol. The van der Waals surface area contributed by atoms with Crippen LogP contribution in [0.25, 0.3) is 16.5 Å². The highest BCUT2D eigenvalue weighted by Crippen LogP contribution is 2.28. The average molecular weight is 473 g/mol. The molecule has 2 amide bonds.